The van der Waals surface area contributed by atoms with E-state index in [1.165, 1.54) is 27.0 Å². The highest BCUT2D eigenvalue weighted by molar-refractivity contribution is 6.36. The van der Waals surface area contributed by atoms with Gasteiger partial charge < -0.3 is 15.5 Å². The van der Waals surface area contributed by atoms with Gasteiger partial charge in [0.05, 0.1) is 11.4 Å². The van der Waals surface area contributed by atoms with Crippen LogP contribution in [0.5, 0.6) is 0 Å². The first-order valence-electron chi connectivity index (χ1n) is 10.9. The van der Waals surface area contributed by atoms with Gasteiger partial charge in [0.1, 0.15) is 5.70 Å². The molecule has 9 heteroatoms. The second-order valence-corrected chi connectivity index (χ2v) is 8.61. The predicted octanol–water partition coefficient (Wildman–Crippen LogP) is 4.60. The van der Waals surface area contributed by atoms with Crippen molar-refractivity contribution in [3.8, 4) is 0 Å². The summed E-state index contributed by atoms with van der Waals surface area (Å²) in [5.74, 6) is 0.148. The Balaban J connectivity index is 2.04. The van der Waals surface area contributed by atoms with Crippen LogP contribution >= 0.6 is 11.6 Å². The molecular weight excluding hydrogens is 464 g/mol. The highest BCUT2D eigenvalue weighted by Crippen LogP contribution is 2.35. The van der Waals surface area contributed by atoms with E-state index in [1.54, 1.807) is 68.6 Å². The SMILES string of the molecule is C=C/N=C1\C(=C(/C)N)N(c2ccc(Cl)cc2)C(=O)N1c1cccc(N(C)C(=O)/C=C/CN(C)C)c1. The molecule has 0 bridgehead atoms. The van der Waals surface area contributed by atoms with E-state index in [1.807, 2.05) is 19.0 Å². The number of amides is 3. The molecule has 1 heterocycles. The van der Waals surface area contributed by atoms with Gasteiger partial charge in [0.2, 0.25) is 5.91 Å². The van der Waals surface area contributed by atoms with Gasteiger partial charge in [0.25, 0.3) is 0 Å². The Kier molecular flexibility index (Phi) is 8.11. The Morgan fingerprint density at radius 3 is 2.40 bits per heavy atom. The lowest BCUT2D eigenvalue weighted by molar-refractivity contribution is -0.113. The van der Waals surface area contributed by atoms with Crippen molar-refractivity contribution in [1.29, 1.82) is 0 Å². The number of carbonyl (C=O) groups excluding carboxylic acids is 2. The predicted molar refractivity (Wildman–Crippen MR) is 144 cm³/mol. The molecule has 1 fully saturated rings. The lowest BCUT2D eigenvalue weighted by atomic mass is 10.2. The van der Waals surface area contributed by atoms with E-state index in [0.717, 1.165) is 0 Å². The fraction of sp³-hybridized carbons (Fsp3) is 0.192. The third kappa shape index (κ3) is 5.62. The number of allylic oxidation sites excluding steroid dienone is 1. The van der Waals surface area contributed by atoms with E-state index in [4.69, 9.17) is 17.3 Å². The van der Waals surface area contributed by atoms with Crippen LogP contribution < -0.4 is 20.4 Å². The van der Waals surface area contributed by atoms with Gasteiger partial charge in [-0.15, -0.1) is 0 Å². The highest BCUT2D eigenvalue weighted by atomic mass is 35.5. The van der Waals surface area contributed by atoms with E-state index < -0.39 is 0 Å². The van der Waals surface area contributed by atoms with Gasteiger partial charge in [0, 0.05) is 42.3 Å². The maximum Gasteiger partial charge on any atom is 0.339 e. The van der Waals surface area contributed by atoms with Gasteiger partial charge >= 0.3 is 6.03 Å². The maximum atomic E-state index is 13.7. The van der Waals surface area contributed by atoms with E-state index in [2.05, 4.69) is 11.6 Å². The van der Waals surface area contributed by atoms with Gasteiger partial charge in [-0.1, -0.05) is 30.3 Å². The number of nitrogens with zero attached hydrogens (tertiary/aromatic N) is 5. The fourth-order valence-electron chi connectivity index (χ4n) is 3.56. The summed E-state index contributed by atoms with van der Waals surface area (Å²) < 4.78 is 0. The Bertz CT molecular complexity index is 1210. The lowest BCUT2D eigenvalue weighted by Crippen LogP contribution is -2.33. The number of halogens is 1. The minimum atomic E-state index is -0.371. The second kappa shape index (κ2) is 11.0. The largest absolute Gasteiger partial charge is 0.400 e. The van der Waals surface area contributed by atoms with Gasteiger partial charge in [-0.05, 0) is 63.5 Å². The summed E-state index contributed by atoms with van der Waals surface area (Å²) in [5, 5.41) is 0.548. The molecule has 0 aromatic heterocycles. The Morgan fingerprint density at radius 2 is 1.80 bits per heavy atom. The van der Waals surface area contributed by atoms with Crippen LogP contribution in [0.25, 0.3) is 0 Å². The van der Waals surface area contributed by atoms with Crippen molar-refractivity contribution in [3.63, 3.8) is 0 Å². The maximum absolute atomic E-state index is 13.7. The topological polar surface area (TPSA) is 85.5 Å². The van der Waals surface area contributed by atoms with Gasteiger partial charge in [-0.3, -0.25) is 9.69 Å². The molecule has 0 saturated carbocycles. The lowest BCUT2D eigenvalue weighted by Gasteiger charge is -2.21. The molecule has 0 spiro atoms. The number of anilines is 3. The molecule has 0 aliphatic carbocycles. The third-order valence-corrected chi connectivity index (χ3v) is 5.49. The molecule has 0 unspecified atom stereocenters. The van der Waals surface area contributed by atoms with Crippen LogP contribution in [-0.4, -0.2) is 50.4 Å². The summed E-state index contributed by atoms with van der Waals surface area (Å²) in [6, 6.07) is 13.6. The number of carbonyl (C=O) groups is 2. The molecule has 1 aliphatic heterocycles. The van der Waals surface area contributed by atoms with Crippen LogP contribution in [0.4, 0.5) is 21.9 Å². The van der Waals surface area contributed by atoms with E-state index in [-0.39, 0.29) is 11.9 Å². The van der Waals surface area contributed by atoms with E-state index in [0.29, 0.717) is 45.9 Å². The zero-order chi connectivity index (χ0) is 25.7. The number of nitrogens with two attached hydrogens (primary N) is 1. The molecule has 2 aromatic rings. The van der Waals surface area contributed by atoms with Crippen molar-refractivity contribution >= 4 is 46.4 Å². The van der Waals surface area contributed by atoms with Gasteiger partial charge in [-0.2, -0.15) is 0 Å². The first-order valence-corrected chi connectivity index (χ1v) is 11.3. The average Bonchev–Trinajstić information content (AvgIpc) is 3.11. The van der Waals surface area contributed by atoms with Crippen molar-refractivity contribution in [2.45, 2.75) is 6.92 Å². The summed E-state index contributed by atoms with van der Waals surface area (Å²) in [6.07, 6.45) is 4.69. The van der Waals surface area contributed by atoms with Gasteiger partial charge in [0.15, 0.2) is 5.84 Å². The Morgan fingerprint density at radius 1 is 1.11 bits per heavy atom. The van der Waals surface area contributed by atoms with Crippen molar-refractivity contribution in [1.82, 2.24) is 4.90 Å². The average molecular weight is 493 g/mol. The fourth-order valence-corrected chi connectivity index (χ4v) is 3.68. The molecule has 8 nitrogen and oxygen atoms in total. The van der Waals surface area contributed by atoms with Crippen LogP contribution in [0.15, 0.2) is 89.8 Å². The van der Waals surface area contributed by atoms with Crippen molar-refractivity contribution < 1.29 is 9.59 Å². The van der Waals surface area contributed by atoms with Crippen LogP contribution in [0.2, 0.25) is 5.02 Å². The van der Waals surface area contributed by atoms with Crippen LogP contribution in [-0.2, 0) is 4.79 Å². The zero-order valence-corrected chi connectivity index (χ0v) is 21.0. The first-order chi connectivity index (χ1) is 16.6. The summed E-state index contributed by atoms with van der Waals surface area (Å²) in [5.41, 5.74) is 8.81. The molecule has 1 aliphatic rings. The van der Waals surface area contributed by atoms with Crippen molar-refractivity contribution in [2.75, 3.05) is 42.4 Å². The normalized spacial score (nSPS) is 16.5. The van der Waals surface area contributed by atoms with E-state index >= 15 is 0 Å². The summed E-state index contributed by atoms with van der Waals surface area (Å²) in [7, 11) is 5.54. The summed E-state index contributed by atoms with van der Waals surface area (Å²) >= 11 is 6.05. The molecule has 0 atom stereocenters. The second-order valence-electron chi connectivity index (χ2n) is 8.18. The molecule has 2 N–H and O–H groups in total. The number of rotatable bonds is 7. The van der Waals surface area contributed by atoms with Gasteiger partial charge in [-0.25, -0.2) is 14.7 Å². The van der Waals surface area contributed by atoms with Crippen LogP contribution in [0, 0.1) is 0 Å². The molecule has 3 rings (SSSR count). The van der Waals surface area contributed by atoms with Crippen LogP contribution in [0.1, 0.15) is 6.92 Å². The number of hydrogen-bond acceptors (Lipinski definition) is 5. The molecule has 35 heavy (non-hydrogen) atoms. The number of likely N-dealkylation sites (N-methyl/N-ethyl adjacent to an activating group) is 2. The molecular formula is C26H29ClN6O2. The molecule has 182 valence electrons. The van der Waals surface area contributed by atoms with E-state index in [9.17, 15) is 9.59 Å². The van der Waals surface area contributed by atoms with Crippen LogP contribution in [0.3, 0.4) is 0 Å². The molecule has 1 saturated heterocycles. The zero-order valence-electron chi connectivity index (χ0n) is 20.3. The quantitative estimate of drug-likeness (QED) is 0.572. The number of benzene rings is 2. The minimum absolute atomic E-state index is 0.182. The number of amidine groups is 1. The Hall–Kier alpha value is -3.88. The summed E-state index contributed by atoms with van der Waals surface area (Å²) in [4.78, 5) is 37.2. The van der Waals surface area contributed by atoms with Crippen molar-refractivity contribution in [2.24, 2.45) is 10.7 Å². The molecule has 2 aromatic carbocycles. The molecule has 0 radical (unpaired) electrons. The smallest absolute Gasteiger partial charge is 0.339 e. The third-order valence-electron chi connectivity index (χ3n) is 5.24. The summed E-state index contributed by atoms with van der Waals surface area (Å²) in [6.45, 7) is 6.06. The first kappa shape index (κ1) is 25.7. The number of urea groups is 1. The standard InChI is InChI=1S/C26H29ClN6O2/c1-6-29-25-24(18(2)28)32(20-14-12-19(27)13-15-20)26(35)33(25)22-10-7-9-21(17-22)31(5)23(34)11-8-16-30(3)4/h6-15,17H,1,16,28H2,2-5H3/b11-8+,24-18-,29-25+. The number of hydrogen-bond donors (Lipinski definition) is 1. The Labute approximate surface area is 210 Å². The van der Waals surface area contributed by atoms with Crippen molar-refractivity contribution in [3.05, 3.63) is 89.9 Å². The minimum Gasteiger partial charge on any atom is -0.400 e. The number of aliphatic imine (C=N–C) groups is 1. The monoisotopic (exact) mass is 492 g/mol. The molecule has 3 amide bonds. The highest BCUT2D eigenvalue weighted by Gasteiger charge is 2.42.